The summed E-state index contributed by atoms with van der Waals surface area (Å²) in [6.07, 6.45) is 1.92. The van der Waals surface area contributed by atoms with Crippen LogP contribution in [-0.2, 0) is 12.8 Å². The van der Waals surface area contributed by atoms with E-state index in [4.69, 9.17) is 0 Å². The summed E-state index contributed by atoms with van der Waals surface area (Å²) in [4.78, 5) is 0. The second kappa shape index (κ2) is 6.85. The lowest BCUT2D eigenvalue weighted by molar-refractivity contribution is 0.582. The van der Waals surface area contributed by atoms with Gasteiger partial charge in [0.2, 0.25) is 0 Å². The van der Waals surface area contributed by atoms with E-state index in [9.17, 15) is 4.39 Å². The first kappa shape index (κ1) is 14.3. The van der Waals surface area contributed by atoms with Gasteiger partial charge in [-0.15, -0.1) is 0 Å². The first-order chi connectivity index (χ1) is 9.17. The predicted octanol–water partition coefficient (Wildman–Crippen LogP) is 4.93. The highest BCUT2D eigenvalue weighted by Gasteiger charge is 2.10. The van der Waals surface area contributed by atoms with E-state index in [1.165, 1.54) is 17.2 Å². The zero-order chi connectivity index (χ0) is 13.7. The van der Waals surface area contributed by atoms with Gasteiger partial charge in [-0.25, -0.2) is 4.39 Å². The Morgan fingerprint density at radius 3 is 2.32 bits per heavy atom. The fourth-order valence-electron chi connectivity index (χ4n) is 2.24. The molecule has 0 bridgehead atoms. The number of halogens is 2. The van der Waals surface area contributed by atoms with Crippen LogP contribution in [0.1, 0.15) is 16.7 Å². The first-order valence-electron chi connectivity index (χ1n) is 6.53. The minimum Gasteiger partial charge on any atom is -0.207 e. The smallest absolute Gasteiger partial charge is 0.123 e. The number of rotatable bonds is 5. The van der Waals surface area contributed by atoms with E-state index < -0.39 is 0 Å². The molecule has 0 N–H and O–H groups in total. The summed E-state index contributed by atoms with van der Waals surface area (Å²) in [6.45, 7) is 2.10. The van der Waals surface area contributed by atoms with Gasteiger partial charge in [-0.05, 0) is 48.9 Å². The quantitative estimate of drug-likeness (QED) is 0.685. The molecule has 0 radical (unpaired) electrons. The van der Waals surface area contributed by atoms with Crippen molar-refractivity contribution in [3.8, 4) is 0 Å². The molecule has 0 aliphatic rings. The average Bonchev–Trinajstić information content (AvgIpc) is 2.40. The fourth-order valence-corrected chi connectivity index (χ4v) is 2.69. The number of aryl methyl sites for hydroxylation is 1. The maximum atomic E-state index is 13.2. The molecule has 2 rings (SSSR count). The third-order valence-corrected chi connectivity index (χ3v) is 4.19. The zero-order valence-electron chi connectivity index (χ0n) is 11.1. The Kier molecular flexibility index (Phi) is 5.15. The number of benzene rings is 2. The largest absolute Gasteiger partial charge is 0.207 e. The molecular weight excluding hydrogens is 303 g/mol. The lowest BCUT2D eigenvalue weighted by atomic mass is 9.94. The Bertz CT molecular complexity index is 519. The summed E-state index contributed by atoms with van der Waals surface area (Å²) in [5.41, 5.74) is 3.69. The second-order valence-electron chi connectivity index (χ2n) is 5.04. The lowest BCUT2D eigenvalue weighted by Gasteiger charge is -2.14. The highest BCUT2D eigenvalue weighted by molar-refractivity contribution is 9.09. The topological polar surface area (TPSA) is 0 Å². The van der Waals surface area contributed by atoms with Crippen LogP contribution in [0, 0.1) is 18.7 Å². The Balaban J connectivity index is 2.02. The average molecular weight is 321 g/mol. The van der Waals surface area contributed by atoms with Gasteiger partial charge < -0.3 is 0 Å². The molecule has 2 aromatic carbocycles. The normalized spacial score (nSPS) is 12.4. The van der Waals surface area contributed by atoms with Crippen molar-refractivity contribution in [2.24, 2.45) is 5.92 Å². The Hall–Kier alpha value is -1.15. The molecule has 0 fully saturated rings. The molecule has 0 nitrogen and oxygen atoms in total. The third-order valence-electron chi connectivity index (χ3n) is 3.28. The van der Waals surface area contributed by atoms with E-state index in [1.807, 2.05) is 6.07 Å². The van der Waals surface area contributed by atoms with Crippen molar-refractivity contribution >= 4 is 15.9 Å². The van der Waals surface area contributed by atoms with Crippen LogP contribution in [0.5, 0.6) is 0 Å². The summed E-state index contributed by atoms with van der Waals surface area (Å²) in [6, 6.07) is 15.5. The molecule has 0 heterocycles. The maximum absolute atomic E-state index is 13.2. The van der Waals surface area contributed by atoms with E-state index in [1.54, 1.807) is 12.1 Å². The van der Waals surface area contributed by atoms with Crippen molar-refractivity contribution in [1.29, 1.82) is 0 Å². The Morgan fingerprint density at radius 1 is 1.00 bits per heavy atom. The summed E-state index contributed by atoms with van der Waals surface area (Å²) in [5.74, 6) is 0.339. The molecule has 0 aliphatic carbocycles. The van der Waals surface area contributed by atoms with Crippen LogP contribution in [-0.4, -0.2) is 5.33 Å². The second-order valence-corrected chi connectivity index (χ2v) is 5.69. The van der Waals surface area contributed by atoms with E-state index in [0.29, 0.717) is 5.92 Å². The van der Waals surface area contributed by atoms with Crippen LogP contribution in [0.25, 0.3) is 0 Å². The number of hydrogen-bond donors (Lipinski definition) is 0. The Labute approximate surface area is 122 Å². The highest BCUT2D eigenvalue weighted by atomic mass is 79.9. The summed E-state index contributed by atoms with van der Waals surface area (Å²) >= 11 is 3.57. The van der Waals surface area contributed by atoms with Crippen LogP contribution < -0.4 is 0 Å². The highest BCUT2D eigenvalue weighted by Crippen LogP contribution is 2.18. The van der Waals surface area contributed by atoms with Gasteiger partial charge in [0.05, 0.1) is 0 Å². The molecule has 1 unspecified atom stereocenters. The molecule has 2 heteroatoms. The molecule has 0 aromatic heterocycles. The SMILES string of the molecule is Cc1ccc(CC(CBr)Cc2cccc(F)c2)cc1. The van der Waals surface area contributed by atoms with Gasteiger partial charge in [-0.3, -0.25) is 0 Å². The molecule has 0 saturated heterocycles. The van der Waals surface area contributed by atoms with E-state index >= 15 is 0 Å². The summed E-state index contributed by atoms with van der Waals surface area (Å²) in [7, 11) is 0. The van der Waals surface area contributed by atoms with Gasteiger partial charge in [-0.2, -0.15) is 0 Å². The van der Waals surface area contributed by atoms with Gasteiger partial charge in [-0.1, -0.05) is 57.9 Å². The fraction of sp³-hybridized carbons (Fsp3) is 0.294. The van der Waals surface area contributed by atoms with Crippen molar-refractivity contribution < 1.29 is 4.39 Å². The van der Waals surface area contributed by atoms with Gasteiger partial charge in [0.25, 0.3) is 0 Å². The van der Waals surface area contributed by atoms with Crippen LogP contribution in [0.3, 0.4) is 0 Å². The van der Waals surface area contributed by atoms with Crippen LogP contribution in [0.2, 0.25) is 0 Å². The van der Waals surface area contributed by atoms with E-state index in [0.717, 1.165) is 23.7 Å². The van der Waals surface area contributed by atoms with Crippen molar-refractivity contribution in [2.45, 2.75) is 19.8 Å². The first-order valence-corrected chi connectivity index (χ1v) is 7.65. The van der Waals surface area contributed by atoms with Gasteiger partial charge in [0.1, 0.15) is 5.82 Å². The third kappa shape index (κ3) is 4.46. The van der Waals surface area contributed by atoms with Crippen LogP contribution >= 0.6 is 15.9 Å². The molecule has 0 aliphatic heterocycles. The van der Waals surface area contributed by atoms with Gasteiger partial charge in [0.15, 0.2) is 0 Å². The molecule has 2 aromatic rings. The van der Waals surface area contributed by atoms with Gasteiger partial charge >= 0.3 is 0 Å². The molecule has 1 atom stereocenters. The van der Waals surface area contributed by atoms with Crippen molar-refractivity contribution in [2.75, 3.05) is 5.33 Å². The van der Waals surface area contributed by atoms with Crippen molar-refractivity contribution in [1.82, 2.24) is 0 Å². The van der Waals surface area contributed by atoms with E-state index in [-0.39, 0.29) is 5.82 Å². The molecule has 19 heavy (non-hydrogen) atoms. The van der Waals surface area contributed by atoms with E-state index in [2.05, 4.69) is 47.1 Å². The minimum atomic E-state index is -0.152. The number of hydrogen-bond acceptors (Lipinski definition) is 0. The summed E-state index contributed by atoms with van der Waals surface area (Å²) in [5, 5.41) is 0.928. The van der Waals surface area contributed by atoms with Crippen LogP contribution in [0.4, 0.5) is 4.39 Å². The Morgan fingerprint density at radius 2 is 1.68 bits per heavy atom. The number of alkyl halides is 1. The van der Waals surface area contributed by atoms with Crippen LogP contribution in [0.15, 0.2) is 48.5 Å². The maximum Gasteiger partial charge on any atom is 0.123 e. The lowest BCUT2D eigenvalue weighted by Crippen LogP contribution is -2.10. The zero-order valence-corrected chi connectivity index (χ0v) is 12.7. The predicted molar refractivity (Wildman–Crippen MR) is 82.3 cm³/mol. The molecule has 0 spiro atoms. The van der Waals surface area contributed by atoms with Crippen molar-refractivity contribution in [3.05, 3.63) is 71.0 Å². The van der Waals surface area contributed by atoms with Crippen molar-refractivity contribution in [3.63, 3.8) is 0 Å². The molecule has 100 valence electrons. The molecule has 0 saturated carbocycles. The monoisotopic (exact) mass is 320 g/mol. The van der Waals surface area contributed by atoms with Gasteiger partial charge in [0, 0.05) is 5.33 Å². The summed E-state index contributed by atoms with van der Waals surface area (Å²) < 4.78 is 13.2. The standard InChI is InChI=1S/C17H18BrF/c1-13-5-7-14(8-6-13)9-16(12-18)10-15-3-2-4-17(19)11-15/h2-8,11,16H,9-10,12H2,1H3. The molecular formula is C17H18BrF. The minimum absolute atomic E-state index is 0.152. The molecule has 0 amide bonds.